The molecule has 1 aromatic heterocycles. The summed E-state index contributed by atoms with van der Waals surface area (Å²) in [5, 5.41) is 3.35. The summed E-state index contributed by atoms with van der Waals surface area (Å²) in [6, 6.07) is 10.8. The summed E-state index contributed by atoms with van der Waals surface area (Å²) in [5.41, 5.74) is 0.682. The van der Waals surface area contributed by atoms with Gasteiger partial charge in [0.1, 0.15) is 11.6 Å². The van der Waals surface area contributed by atoms with Gasteiger partial charge in [0.05, 0.1) is 12.0 Å². The van der Waals surface area contributed by atoms with Crippen molar-refractivity contribution in [1.29, 1.82) is 0 Å². The maximum absolute atomic E-state index is 14.0. The molecular weight excluding hydrogens is 319 g/mol. The third-order valence-corrected chi connectivity index (χ3v) is 4.31. The number of halogens is 1. The Bertz CT molecular complexity index is 678. The topological polar surface area (TPSA) is 44.0 Å². The average Bonchev–Trinajstić information content (AvgIpc) is 3.15. The second kappa shape index (κ2) is 8.55. The predicted molar refractivity (Wildman–Crippen MR) is 98.6 cm³/mol. The van der Waals surface area contributed by atoms with Gasteiger partial charge in [0.15, 0.2) is 5.96 Å². The first-order valence-electron chi connectivity index (χ1n) is 8.83. The number of hydrogen-bond donors (Lipinski definition) is 1. The molecule has 1 saturated heterocycles. The molecule has 25 heavy (non-hydrogen) atoms. The van der Waals surface area contributed by atoms with E-state index < -0.39 is 0 Å². The second-order valence-corrected chi connectivity index (χ2v) is 5.99. The molecule has 0 amide bonds. The largest absolute Gasteiger partial charge is 0.469 e. The molecule has 134 valence electrons. The van der Waals surface area contributed by atoms with Gasteiger partial charge in [-0.05, 0) is 31.2 Å². The lowest BCUT2D eigenvalue weighted by molar-refractivity contribution is 0.370. The third kappa shape index (κ3) is 4.53. The molecule has 2 aromatic rings. The summed E-state index contributed by atoms with van der Waals surface area (Å²) in [5.74, 6) is 1.71. The van der Waals surface area contributed by atoms with E-state index in [0.29, 0.717) is 12.2 Å². The van der Waals surface area contributed by atoms with Gasteiger partial charge in [0.2, 0.25) is 0 Å². The number of rotatable bonds is 5. The monoisotopic (exact) mass is 344 g/mol. The number of piperazine rings is 1. The van der Waals surface area contributed by atoms with Gasteiger partial charge < -0.3 is 19.5 Å². The van der Waals surface area contributed by atoms with Crippen molar-refractivity contribution in [2.24, 2.45) is 4.99 Å². The fourth-order valence-corrected chi connectivity index (χ4v) is 3.02. The summed E-state index contributed by atoms with van der Waals surface area (Å²) >= 11 is 0. The fourth-order valence-electron chi connectivity index (χ4n) is 3.02. The highest BCUT2D eigenvalue weighted by molar-refractivity contribution is 5.80. The highest BCUT2D eigenvalue weighted by Gasteiger charge is 2.21. The fraction of sp³-hybridized carbons (Fsp3) is 0.421. The van der Waals surface area contributed by atoms with E-state index in [-0.39, 0.29) is 5.82 Å². The van der Waals surface area contributed by atoms with Gasteiger partial charge in [0.25, 0.3) is 0 Å². The molecule has 1 aromatic carbocycles. The number of aliphatic imine (C=N–C) groups is 1. The third-order valence-electron chi connectivity index (χ3n) is 4.31. The Morgan fingerprint density at radius 2 is 1.96 bits per heavy atom. The zero-order valence-electron chi connectivity index (χ0n) is 14.6. The molecule has 0 unspecified atom stereocenters. The van der Waals surface area contributed by atoms with Crippen LogP contribution >= 0.6 is 0 Å². The van der Waals surface area contributed by atoms with Gasteiger partial charge in [-0.25, -0.2) is 4.39 Å². The zero-order valence-corrected chi connectivity index (χ0v) is 14.6. The lowest BCUT2D eigenvalue weighted by Crippen LogP contribution is -2.52. The summed E-state index contributed by atoms with van der Waals surface area (Å²) in [7, 11) is 0. The molecule has 0 bridgehead atoms. The highest BCUT2D eigenvalue weighted by atomic mass is 19.1. The summed E-state index contributed by atoms with van der Waals surface area (Å²) in [6.07, 6.45) is 2.48. The molecule has 0 radical (unpaired) electrons. The Balaban J connectivity index is 1.57. The van der Waals surface area contributed by atoms with Crippen LogP contribution in [0.15, 0.2) is 52.1 Å². The van der Waals surface area contributed by atoms with Crippen LogP contribution < -0.4 is 10.2 Å². The zero-order chi connectivity index (χ0) is 17.5. The summed E-state index contributed by atoms with van der Waals surface area (Å²) in [6.45, 7) is 6.78. The van der Waals surface area contributed by atoms with E-state index in [9.17, 15) is 4.39 Å². The Labute approximate surface area is 148 Å². The maximum atomic E-state index is 14.0. The van der Waals surface area contributed by atoms with E-state index in [1.165, 1.54) is 6.07 Å². The lowest BCUT2D eigenvalue weighted by Gasteiger charge is -2.37. The van der Waals surface area contributed by atoms with E-state index in [2.05, 4.69) is 22.0 Å². The molecule has 5 nitrogen and oxygen atoms in total. The maximum Gasteiger partial charge on any atom is 0.194 e. The number of furan rings is 1. The first-order valence-corrected chi connectivity index (χ1v) is 8.83. The van der Waals surface area contributed by atoms with Crippen molar-refractivity contribution in [1.82, 2.24) is 10.2 Å². The van der Waals surface area contributed by atoms with Crippen molar-refractivity contribution in [3.05, 3.63) is 54.2 Å². The molecular formula is C19H25FN4O. The molecule has 0 atom stereocenters. The van der Waals surface area contributed by atoms with E-state index in [1.807, 2.05) is 24.3 Å². The van der Waals surface area contributed by atoms with Gasteiger partial charge in [0, 0.05) is 45.7 Å². The Hall–Kier alpha value is -2.50. The van der Waals surface area contributed by atoms with Crippen molar-refractivity contribution in [2.45, 2.75) is 13.3 Å². The normalized spacial score (nSPS) is 15.5. The van der Waals surface area contributed by atoms with Gasteiger partial charge in [-0.2, -0.15) is 0 Å². The minimum absolute atomic E-state index is 0.157. The first kappa shape index (κ1) is 17.3. The molecule has 6 heteroatoms. The van der Waals surface area contributed by atoms with Crippen LogP contribution in [0.3, 0.4) is 0 Å². The lowest BCUT2D eigenvalue weighted by atomic mass is 10.2. The molecule has 0 spiro atoms. The number of nitrogens with zero attached hydrogens (tertiary/aromatic N) is 3. The van der Waals surface area contributed by atoms with Crippen LogP contribution in [-0.2, 0) is 6.42 Å². The standard InChI is InChI=1S/C19H25FN4O/c1-2-21-19(22-10-9-16-6-5-15-25-16)24-13-11-23(12-14-24)18-8-4-3-7-17(18)20/h3-8,15H,2,9-14H2,1H3,(H,21,22). The Kier molecular flexibility index (Phi) is 5.93. The number of anilines is 1. The van der Waals surface area contributed by atoms with Gasteiger partial charge in [-0.3, -0.25) is 4.99 Å². The van der Waals surface area contributed by atoms with Crippen molar-refractivity contribution in [3.63, 3.8) is 0 Å². The van der Waals surface area contributed by atoms with E-state index in [0.717, 1.165) is 50.9 Å². The minimum Gasteiger partial charge on any atom is -0.469 e. The molecule has 1 N–H and O–H groups in total. The number of benzene rings is 1. The van der Waals surface area contributed by atoms with Crippen LogP contribution in [0.4, 0.5) is 10.1 Å². The van der Waals surface area contributed by atoms with Crippen LogP contribution in [0, 0.1) is 5.82 Å². The number of hydrogen-bond acceptors (Lipinski definition) is 3. The van der Waals surface area contributed by atoms with Crippen LogP contribution in [0.2, 0.25) is 0 Å². The molecule has 1 fully saturated rings. The van der Waals surface area contributed by atoms with Crippen LogP contribution in [0.1, 0.15) is 12.7 Å². The molecule has 0 aliphatic carbocycles. The smallest absolute Gasteiger partial charge is 0.194 e. The molecule has 0 saturated carbocycles. The van der Waals surface area contributed by atoms with E-state index >= 15 is 0 Å². The van der Waals surface area contributed by atoms with E-state index in [4.69, 9.17) is 9.41 Å². The molecule has 1 aliphatic rings. The van der Waals surface area contributed by atoms with Crippen LogP contribution in [0.25, 0.3) is 0 Å². The highest BCUT2D eigenvalue weighted by Crippen LogP contribution is 2.20. The Morgan fingerprint density at radius 3 is 2.64 bits per heavy atom. The first-order chi connectivity index (χ1) is 12.3. The van der Waals surface area contributed by atoms with Crippen molar-refractivity contribution < 1.29 is 8.81 Å². The molecule has 2 heterocycles. The Morgan fingerprint density at radius 1 is 1.16 bits per heavy atom. The van der Waals surface area contributed by atoms with Crippen LogP contribution in [-0.4, -0.2) is 50.1 Å². The minimum atomic E-state index is -0.157. The van der Waals surface area contributed by atoms with Crippen molar-refractivity contribution in [2.75, 3.05) is 44.2 Å². The SMILES string of the molecule is CCNC(=NCCc1ccco1)N1CCN(c2ccccc2F)CC1. The average molecular weight is 344 g/mol. The van der Waals surface area contributed by atoms with Gasteiger partial charge >= 0.3 is 0 Å². The summed E-state index contributed by atoms with van der Waals surface area (Å²) < 4.78 is 19.3. The quantitative estimate of drug-likeness (QED) is 0.669. The number of nitrogens with one attached hydrogen (secondary N) is 1. The summed E-state index contributed by atoms with van der Waals surface area (Å²) in [4.78, 5) is 9.04. The van der Waals surface area contributed by atoms with Crippen molar-refractivity contribution >= 4 is 11.6 Å². The van der Waals surface area contributed by atoms with Gasteiger partial charge in [-0.15, -0.1) is 0 Å². The van der Waals surface area contributed by atoms with E-state index in [1.54, 1.807) is 12.3 Å². The van der Waals surface area contributed by atoms with Crippen LogP contribution in [0.5, 0.6) is 0 Å². The van der Waals surface area contributed by atoms with Crippen molar-refractivity contribution in [3.8, 4) is 0 Å². The second-order valence-electron chi connectivity index (χ2n) is 5.99. The van der Waals surface area contributed by atoms with Gasteiger partial charge in [-0.1, -0.05) is 12.1 Å². The molecule has 3 rings (SSSR count). The molecule has 1 aliphatic heterocycles. The number of guanidine groups is 1. The number of para-hydroxylation sites is 1. The predicted octanol–water partition coefficient (Wildman–Crippen LogP) is 2.75.